The van der Waals surface area contributed by atoms with Crippen molar-refractivity contribution >= 4 is 9.84 Å². The Morgan fingerprint density at radius 2 is 2.19 bits per heavy atom. The molecule has 1 heterocycles. The van der Waals surface area contributed by atoms with Crippen LogP contribution in [-0.4, -0.2) is 36.8 Å². The van der Waals surface area contributed by atoms with Crippen molar-refractivity contribution in [1.29, 1.82) is 0 Å². The van der Waals surface area contributed by atoms with Gasteiger partial charge in [0.05, 0.1) is 18.5 Å². The zero-order valence-electron chi connectivity index (χ0n) is 10.0. The molecule has 0 saturated heterocycles. The van der Waals surface area contributed by atoms with Crippen LogP contribution < -0.4 is 5.32 Å². The van der Waals surface area contributed by atoms with Gasteiger partial charge in [0.1, 0.15) is 9.84 Å². The first-order valence-electron chi connectivity index (χ1n) is 5.33. The lowest BCUT2D eigenvalue weighted by Gasteiger charge is -2.05. The summed E-state index contributed by atoms with van der Waals surface area (Å²) < 4.78 is 23.8. The zero-order valence-corrected chi connectivity index (χ0v) is 10.8. The number of nitrogens with one attached hydrogen (secondary N) is 1. The lowest BCUT2D eigenvalue weighted by molar-refractivity contribution is 0.581. The molecule has 92 valence electrons. The molecule has 0 amide bonds. The molecule has 0 aliphatic carbocycles. The van der Waals surface area contributed by atoms with Crippen molar-refractivity contribution in [3.63, 3.8) is 0 Å². The lowest BCUT2D eigenvalue weighted by atomic mass is 10.2. The Morgan fingerprint density at radius 1 is 1.50 bits per heavy atom. The van der Waals surface area contributed by atoms with E-state index in [0.717, 1.165) is 24.3 Å². The van der Waals surface area contributed by atoms with Crippen LogP contribution in [0.5, 0.6) is 0 Å². The highest BCUT2D eigenvalue weighted by Gasteiger charge is 2.08. The van der Waals surface area contributed by atoms with E-state index in [0.29, 0.717) is 6.54 Å². The van der Waals surface area contributed by atoms with Gasteiger partial charge in [0.25, 0.3) is 0 Å². The highest BCUT2D eigenvalue weighted by molar-refractivity contribution is 7.90. The van der Waals surface area contributed by atoms with Crippen molar-refractivity contribution in [2.24, 2.45) is 0 Å². The third-order valence-electron chi connectivity index (χ3n) is 2.44. The Balaban J connectivity index is 2.65. The molecule has 0 radical (unpaired) electrons. The van der Waals surface area contributed by atoms with Crippen molar-refractivity contribution in [3.8, 4) is 0 Å². The zero-order chi connectivity index (χ0) is 12.2. The van der Waals surface area contributed by atoms with Crippen LogP contribution in [0.4, 0.5) is 0 Å². The molecule has 1 N–H and O–H groups in total. The molecule has 0 aliphatic heterocycles. The van der Waals surface area contributed by atoms with Gasteiger partial charge in [-0.15, -0.1) is 0 Å². The van der Waals surface area contributed by atoms with E-state index < -0.39 is 9.84 Å². The fourth-order valence-corrected chi connectivity index (χ4v) is 1.90. The highest BCUT2D eigenvalue weighted by Crippen LogP contribution is 2.06. The van der Waals surface area contributed by atoms with Crippen LogP contribution in [0.25, 0.3) is 0 Å². The molecular formula is C10H19N3O2S. The van der Waals surface area contributed by atoms with Gasteiger partial charge >= 0.3 is 0 Å². The second kappa shape index (κ2) is 5.45. The molecule has 0 unspecified atom stereocenters. The molecule has 16 heavy (non-hydrogen) atoms. The summed E-state index contributed by atoms with van der Waals surface area (Å²) in [5.74, 6) is 0.135. The molecule has 0 saturated carbocycles. The maximum absolute atomic E-state index is 11.0. The van der Waals surface area contributed by atoms with E-state index in [9.17, 15) is 8.42 Å². The van der Waals surface area contributed by atoms with E-state index in [1.54, 1.807) is 10.9 Å². The van der Waals surface area contributed by atoms with Crippen LogP contribution in [0.15, 0.2) is 6.20 Å². The molecule has 0 aliphatic rings. The average molecular weight is 245 g/mol. The third kappa shape index (κ3) is 3.94. The van der Waals surface area contributed by atoms with Gasteiger partial charge in [-0.25, -0.2) is 8.42 Å². The molecule has 1 aromatic heterocycles. The summed E-state index contributed by atoms with van der Waals surface area (Å²) in [5.41, 5.74) is 2.15. The van der Waals surface area contributed by atoms with Crippen LogP contribution >= 0.6 is 0 Å². The summed E-state index contributed by atoms with van der Waals surface area (Å²) in [4.78, 5) is 0. The first kappa shape index (κ1) is 13.2. The number of sulfone groups is 1. The van der Waals surface area contributed by atoms with Crippen molar-refractivity contribution < 1.29 is 8.42 Å². The number of aromatic nitrogens is 2. The normalized spacial score (nSPS) is 11.9. The Bertz CT molecular complexity index is 437. The smallest absolute Gasteiger partial charge is 0.149 e. The SMILES string of the molecule is CCNCc1cnn(CCS(C)(=O)=O)c1C. The summed E-state index contributed by atoms with van der Waals surface area (Å²) in [6, 6.07) is 0. The molecular weight excluding hydrogens is 226 g/mol. The minimum atomic E-state index is -2.92. The van der Waals surface area contributed by atoms with Gasteiger partial charge < -0.3 is 5.32 Å². The van der Waals surface area contributed by atoms with Crippen LogP contribution in [0.3, 0.4) is 0 Å². The van der Waals surface area contributed by atoms with Crippen molar-refractivity contribution in [2.45, 2.75) is 26.9 Å². The molecule has 0 bridgehead atoms. The van der Waals surface area contributed by atoms with Crippen LogP contribution in [-0.2, 0) is 22.9 Å². The summed E-state index contributed by atoms with van der Waals surface area (Å²) in [7, 11) is -2.92. The van der Waals surface area contributed by atoms with Gasteiger partial charge in [0.2, 0.25) is 0 Å². The predicted octanol–water partition coefficient (Wildman–Crippen LogP) is 0.346. The van der Waals surface area contributed by atoms with Gasteiger partial charge in [-0.05, 0) is 13.5 Å². The maximum Gasteiger partial charge on any atom is 0.149 e. The highest BCUT2D eigenvalue weighted by atomic mass is 32.2. The van der Waals surface area contributed by atoms with E-state index in [4.69, 9.17) is 0 Å². The quantitative estimate of drug-likeness (QED) is 0.785. The van der Waals surface area contributed by atoms with Crippen LogP contribution in [0.1, 0.15) is 18.2 Å². The van der Waals surface area contributed by atoms with E-state index in [1.165, 1.54) is 6.26 Å². The standard InChI is InChI=1S/C10H19N3O2S/c1-4-11-7-10-8-12-13(9(10)2)5-6-16(3,14)15/h8,11H,4-7H2,1-3H3. The van der Waals surface area contributed by atoms with Crippen molar-refractivity contribution in [3.05, 3.63) is 17.5 Å². The molecule has 0 spiro atoms. The fraction of sp³-hybridized carbons (Fsp3) is 0.700. The van der Waals surface area contributed by atoms with Crippen molar-refractivity contribution in [2.75, 3.05) is 18.6 Å². The molecule has 1 aromatic rings. The molecule has 0 atom stereocenters. The molecule has 6 heteroatoms. The topological polar surface area (TPSA) is 64.0 Å². The average Bonchev–Trinajstić information content (AvgIpc) is 2.53. The Labute approximate surface area is 96.8 Å². The van der Waals surface area contributed by atoms with Gasteiger partial charge in [-0.1, -0.05) is 6.92 Å². The first-order chi connectivity index (χ1) is 7.44. The molecule has 0 aromatic carbocycles. The minimum Gasteiger partial charge on any atom is -0.313 e. The Hall–Kier alpha value is -0.880. The van der Waals surface area contributed by atoms with Crippen molar-refractivity contribution in [1.82, 2.24) is 15.1 Å². The predicted molar refractivity (Wildman–Crippen MR) is 64.1 cm³/mol. The lowest BCUT2D eigenvalue weighted by Crippen LogP contribution is -2.15. The van der Waals surface area contributed by atoms with Gasteiger partial charge in [-0.3, -0.25) is 4.68 Å². The largest absolute Gasteiger partial charge is 0.313 e. The van der Waals surface area contributed by atoms with Gasteiger partial charge in [0.15, 0.2) is 0 Å². The van der Waals surface area contributed by atoms with E-state index >= 15 is 0 Å². The van der Waals surface area contributed by atoms with E-state index in [1.807, 2.05) is 13.8 Å². The number of rotatable bonds is 6. The van der Waals surface area contributed by atoms with Crippen LogP contribution in [0, 0.1) is 6.92 Å². The molecule has 1 rings (SSSR count). The fourth-order valence-electron chi connectivity index (χ4n) is 1.40. The van der Waals surface area contributed by atoms with Crippen LogP contribution in [0.2, 0.25) is 0 Å². The summed E-state index contributed by atoms with van der Waals surface area (Å²) >= 11 is 0. The summed E-state index contributed by atoms with van der Waals surface area (Å²) in [6.07, 6.45) is 3.03. The second-order valence-electron chi connectivity index (χ2n) is 3.89. The monoisotopic (exact) mass is 245 g/mol. The van der Waals surface area contributed by atoms with Gasteiger partial charge in [0, 0.05) is 24.1 Å². The Morgan fingerprint density at radius 3 is 2.75 bits per heavy atom. The number of hydrogen-bond acceptors (Lipinski definition) is 4. The van der Waals surface area contributed by atoms with Gasteiger partial charge in [-0.2, -0.15) is 5.10 Å². The summed E-state index contributed by atoms with van der Waals surface area (Å²) in [6.45, 7) is 6.12. The van der Waals surface area contributed by atoms with E-state index in [-0.39, 0.29) is 5.75 Å². The number of nitrogens with zero attached hydrogens (tertiary/aromatic N) is 2. The Kier molecular flexibility index (Phi) is 4.49. The van der Waals surface area contributed by atoms with E-state index in [2.05, 4.69) is 10.4 Å². The number of aryl methyl sites for hydroxylation is 1. The molecule has 0 fully saturated rings. The maximum atomic E-state index is 11.0. The number of hydrogen-bond donors (Lipinski definition) is 1. The second-order valence-corrected chi connectivity index (χ2v) is 6.15. The minimum absolute atomic E-state index is 0.135. The molecule has 5 nitrogen and oxygen atoms in total. The third-order valence-corrected chi connectivity index (χ3v) is 3.37. The first-order valence-corrected chi connectivity index (χ1v) is 7.40. The summed E-state index contributed by atoms with van der Waals surface area (Å²) in [5, 5.41) is 7.40.